The molecule has 4 amide bonds. The Bertz CT molecular complexity index is 812. The summed E-state index contributed by atoms with van der Waals surface area (Å²) in [5.41, 5.74) is 11.4. The van der Waals surface area contributed by atoms with Gasteiger partial charge in [-0.2, -0.15) is 0 Å². The van der Waals surface area contributed by atoms with E-state index in [1.807, 2.05) is 0 Å². The summed E-state index contributed by atoms with van der Waals surface area (Å²) in [5.74, 6) is -3.96. The lowest BCUT2D eigenvalue weighted by atomic mass is 10.0. The maximum absolute atomic E-state index is 12.7. The summed E-state index contributed by atoms with van der Waals surface area (Å²) < 4.78 is 0. The largest absolute Gasteiger partial charge is 0.508 e. The summed E-state index contributed by atoms with van der Waals surface area (Å²) in [7, 11) is 0. The lowest BCUT2D eigenvalue weighted by Crippen LogP contribution is -2.56. The molecule has 170 valence electrons. The van der Waals surface area contributed by atoms with Crippen molar-refractivity contribution in [2.75, 3.05) is 6.54 Å². The Morgan fingerprint density at radius 2 is 1.61 bits per heavy atom. The molecule has 0 aromatic heterocycles. The SMILES string of the molecule is CC(NC(=O)C(Cc1ccc(O)cc1)NC(=O)C(N)CCC(N)=O)C(=O)NCC(=O)O. The first-order valence-electron chi connectivity index (χ1n) is 9.41. The third-order valence-electron chi connectivity index (χ3n) is 4.21. The summed E-state index contributed by atoms with van der Waals surface area (Å²) >= 11 is 0. The number of aliphatic carboxylic acids is 1. The Morgan fingerprint density at radius 1 is 1.00 bits per heavy atom. The molecule has 3 atom stereocenters. The van der Waals surface area contributed by atoms with Crippen LogP contribution in [0.3, 0.4) is 0 Å². The highest BCUT2D eigenvalue weighted by Gasteiger charge is 2.27. The lowest BCUT2D eigenvalue weighted by molar-refractivity contribution is -0.138. The minimum Gasteiger partial charge on any atom is -0.508 e. The van der Waals surface area contributed by atoms with E-state index in [9.17, 15) is 29.1 Å². The van der Waals surface area contributed by atoms with E-state index in [2.05, 4.69) is 16.0 Å². The van der Waals surface area contributed by atoms with Gasteiger partial charge in [0.05, 0.1) is 6.04 Å². The predicted molar refractivity (Wildman–Crippen MR) is 108 cm³/mol. The molecule has 0 aliphatic carbocycles. The zero-order valence-corrected chi connectivity index (χ0v) is 17.0. The molecule has 0 spiro atoms. The number of carboxylic acid groups (broad SMARTS) is 1. The first kappa shape index (κ1) is 25.4. The van der Waals surface area contributed by atoms with E-state index in [0.29, 0.717) is 5.56 Å². The van der Waals surface area contributed by atoms with Gasteiger partial charge in [0.15, 0.2) is 0 Å². The number of carbonyl (C=O) groups is 5. The molecule has 0 saturated heterocycles. The zero-order valence-electron chi connectivity index (χ0n) is 17.0. The number of nitrogens with two attached hydrogens (primary N) is 2. The molecule has 0 heterocycles. The van der Waals surface area contributed by atoms with Gasteiger partial charge in [0.2, 0.25) is 23.6 Å². The number of hydrogen-bond acceptors (Lipinski definition) is 7. The standard InChI is InChI=1S/C19H27N5O7/c1-10(17(29)22-9-16(27)28)23-19(31)14(8-11-2-4-12(25)5-3-11)24-18(30)13(20)6-7-15(21)26/h2-5,10,13-14,25H,6-9,20H2,1H3,(H2,21,26)(H,22,29)(H,23,31)(H,24,30)(H,27,28). The number of amides is 4. The number of aromatic hydroxyl groups is 1. The Kier molecular flexibility index (Phi) is 9.92. The number of primary amides is 1. The number of carboxylic acids is 1. The molecule has 0 bridgehead atoms. The van der Waals surface area contributed by atoms with Crippen molar-refractivity contribution < 1.29 is 34.2 Å². The van der Waals surface area contributed by atoms with Gasteiger partial charge in [0.25, 0.3) is 0 Å². The Balaban J connectivity index is 2.87. The molecular weight excluding hydrogens is 410 g/mol. The molecule has 1 aromatic rings. The smallest absolute Gasteiger partial charge is 0.322 e. The Morgan fingerprint density at radius 3 is 2.16 bits per heavy atom. The second-order valence-corrected chi connectivity index (χ2v) is 6.89. The van der Waals surface area contributed by atoms with Crippen molar-refractivity contribution in [2.24, 2.45) is 11.5 Å². The van der Waals surface area contributed by atoms with Crippen molar-refractivity contribution >= 4 is 29.6 Å². The molecule has 9 N–H and O–H groups in total. The average molecular weight is 437 g/mol. The highest BCUT2D eigenvalue weighted by atomic mass is 16.4. The van der Waals surface area contributed by atoms with Crippen molar-refractivity contribution in [1.29, 1.82) is 0 Å². The summed E-state index contributed by atoms with van der Waals surface area (Å²) in [6.45, 7) is 0.745. The van der Waals surface area contributed by atoms with E-state index in [0.717, 1.165) is 0 Å². The van der Waals surface area contributed by atoms with E-state index in [1.54, 1.807) is 12.1 Å². The molecule has 0 radical (unpaired) electrons. The van der Waals surface area contributed by atoms with Crippen LogP contribution in [0.2, 0.25) is 0 Å². The molecule has 31 heavy (non-hydrogen) atoms. The molecule has 12 nitrogen and oxygen atoms in total. The molecule has 1 aromatic carbocycles. The molecule has 0 aliphatic rings. The minimum absolute atomic E-state index is 0.0112. The van der Waals surface area contributed by atoms with Crippen LogP contribution in [-0.2, 0) is 30.4 Å². The quantitative estimate of drug-likeness (QED) is 0.189. The van der Waals surface area contributed by atoms with E-state index >= 15 is 0 Å². The normalized spacial score (nSPS) is 13.4. The average Bonchev–Trinajstić information content (AvgIpc) is 2.70. The number of phenolic OH excluding ortho intramolecular Hbond substituents is 1. The number of phenols is 1. The van der Waals surface area contributed by atoms with Crippen LogP contribution >= 0.6 is 0 Å². The fourth-order valence-electron chi connectivity index (χ4n) is 2.48. The van der Waals surface area contributed by atoms with Gasteiger partial charge < -0.3 is 37.6 Å². The number of hydrogen-bond donors (Lipinski definition) is 7. The van der Waals surface area contributed by atoms with Crippen LogP contribution in [0.25, 0.3) is 0 Å². The maximum atomic E-state index is 12.7. The summed E-state index contributed by atoms with van der Waals surface area (Å²) in [6.07, 6.45) is -0.100. The van der Waals surface area contributed by atoms with Crippen LogP contribution in [0.4, 0.5) is 0 Å². The summed E-state index contributed by atoms with van der Waals surface area (Å²) in [5, 5.41) is 25.0. The predicted octanol–water partition coefficient (Wildman–Crippen LogP) is -2.28. The number of carbonyl (C=O) groups excluding carboxylic acids is 4. The van der Waals surface area contributed by atoms with Crippen LogP contribution in [0.15, 0.2) is 24.3 Å². The molecule has 1 rings (SSSR count). The van der Waals surface area contributed by atoms with Crippen LogP contribution in [0.5, 0.6) is 5.75 Å². The first-order valence-corrected chi connectivity index (χ1v) is 9.41. The van der Waals surface area contributed by atoms with E-state index in [-0.39, 0.29) is 25.0 Å². The topological polar surface area (TPSA) is 214 Å². The van der Waals surface area contributed by atoms with Crippen LogP contribution < -0.4 is 27.4 Å². The van der Waals surface area contributed by atoms with Crippen molar-refractivity contribution in [2.45, 2.75) is 44.3 Å². The number of benzene rings is 1. The monoisotopic (exact) mass is 437 g/mol. The van der Waals surface area contributed by atoms with Crippen molar-refractivity contribution in [3.8, 4) is 5.75 Å². The molecule has 0 saturated carbocycles. The van der Waals surface area contributed by atoms with E-state index in [4.69, 9.17) is 16.6 Å². The van der Waals surface area contributed by atoms with Gasteiger partial charge in [-0.1, -0.05) is 12.1 Å². The van der Waals surface area contributed by atoms with Gasteiger partial charge in [-0.3, -0.25) is 24.0 Å². The second kappa shape index (κ2) is 12.1. The summed E-state index contributed by atoms with van der Waals surface area (Å²) in [4.78, 5) is 58.4. The van der Waals surface area contributed by atoms with Crippen LogP contribution in [0, 0.1) is 0 Å². The van der Waals surface area contributed by atoms with Gasteiger partial charge in [0.1, 0.15) is 24.4 Å². The number of nitrogens with one attached hydrogen (secondary N) is 3. The Hall–Kier alpha value is -3.67. The molecule has 12 heteroatoms. The first-order chi connectivity index (χ1) is 14.5. The summed E-state index contributed by atoms with van der Waals surface area (Å²) in [6, 6.07) is 2.63. The number of rotatable bonds is 12. The van der Waals surface area contributed by atoms with Crippen molar-refractivity contribution in [3.05, 3.63) is 29.8 Å². The maximum Gasteiger partial charge on any atom is 0.322 e. The van der Waals surface area contributed by atoms with Crippen LogP contribution in [-0.4, -0.2) is 64.5 Å². The van der Waals surface area contributed by atoms with Crippen LogP contribution in [0.1, 0.15) is 25.3 Å². The zero-order chi connectivity index (χ0) is 23.6. The fraction of sp³-hybridized carbons (Fsp3) is 0.421. The highest BCUT2D eigenvalue weighted by Crippen LogP contribution is 2.12. The third kappa shape index (κ3) is 9.58. The van der Waals surface area contributed by atoms with Gasteiger partial charge in [-0.25, -0.2) is 0 Å². The van der Waals surface area contributed by atoms with Gasteiger partial charge >= 0.3 is 5.97 Å². The van der Waals surface area contributed by atoms with Crippen molar-refractivity contribution in [1.82, 2.24) is 16.0 Å². The van der Waals surface area contributed by atoms with E-state index in [1.165, 1.54) is 19.1 Å². The van der Waals surface area contributed by atoms with Gasteiger partial charge in [-0.15, -0.1) is 0 Å². The Labute approximate surface area is 178 Å². The molecule has 0 fully saturated rings. The fourth-order valence-corrected chi connectivity index (χ4v) is 2.48. The molecular formula is C19H27N5O7. The van der Waals surface area contributed by atoms with E-state index < -0.39 is 54.3 Å². The van der Waals surface area contributed by atoms with Gasteiger partial charge in [0, 0.05) is 12.8 Å². The lowest BCUT2D eigenvalue weighted by Gasteiger charge is -2.22. The second-order valence-electron chi connectivity index (χ2n) is 6.89. The minimum atomic E-state index is -1.24. The molecule has 0 aliphatic heterocycles. The van der Waals surface area contributed by atoms with Crippen molar-refractivity contribution in [3.63, 3.8) is 0 Å². The highest BCUT2D eigenvalue weighted by molar-refractivity contribution is 5.93. The molecule has 3 unspecified atom stereocenters. The van der Waals surface area contributed by atoms with Gasteiger partial charge in [-0.05, 0) is 31.0 Å². The third-order valence-corrected chi connectivity index (χ3v) is 4.21.